The summed E-state index contributed by atoms with van der Waals surface area (Å²) in [5.41, 5.74) is 6.34. The predicted octanol–water partition coefficient (Wildman–Crippen LogP) is 1.24. The monoisotopic (exact) mass is 209 g/mol. The number of carbonyl (C=O) groups excluding carboxylic acids is 1. The number of carbonyl (C=O) groups is 1. The van der Waals surface area contributed by atoms with Gasteiger partial charge in [0.15, 0.2) is 5.78 Å². The lowest BCUT2D eigenvalue weighted by atomic mass is 10.0. The molecule has 0 unspecified atom stereocenters. The topological polar surface area (TPSA) is 72.5 Å². The molecule has 0 spiro atoms. The normalized spacial score (nSPS) is 10.1. The SMILES string of the molecule is COc1cc(C(=O)CCN)c(O)cc1C. The van der Waals surface area contributed by atoms with Crippen LogP contribution in [0.4, 0.5) is 0 Å². The lowest BCUT2D eigenvalue weighted by Gasteiger charge is -2.09. The third kappa shape index (κ3) is 2.47. The molecule has 0 aliphatic carbocycles. The van der Waals surface area contributed by atoms with Crippen LogP contribution < -0.4 is 10.5 Å². The summed E-state index contributed by atoms with van der Waals surface area (Å²) in [6, 6.07) is 3.06. The number of ketones is 1. The van der Waals surface area contributed by atoms with Gasteiger partial charge in [-0.15, -0.1) is 0 Å². The van der Waals surface area contributed by atoms with Crippen molar-refractivity contribution in [3.63, 3.8) is 0 Å². The quantitative estimate of drug-likeness (QED) is 0.732. The van der Waals surface area contributed by atoms with E-state index in [1.54, 1.807) is 13.0 Å². The summed E-state index contributed by atoms with van der Waals surface area (Å²) in [4.78, 5) is 11.5. The summed E-state index contributed by atoms with van der Waals surface area (Å²) in [5.74, 6) is 0.397. The van der Waals surface area contributed by atoms with Gasteiger partial charge in [0.2, 0.25) is 0 Å². The smallest absolute Gasteiger partial charge is 0.167 e. The van der Waals surface area contributed by atoms with E-state index in [4.69, 9.17) is 10.5 Å². The van der Waals surface area contributed by atoms with E-state index in [0.29, 0.717) is 5.75 Å². The van der Waals surface area contributed by atoms with Crippen LogP contribution >= 0.6 is 0 Å². The molecule has 4 heteroatoms. The van der Waals surface area contributed by atoms with Crippen molar-refractivity contribution in [1.29, 1.82) is 0 Å². The Hall–Kier alpha value is -1.55. The minimum absolute atomic E-state index is 0.0215. The fraction of sp³-hybridized carbons (Fsp3) is 0.364. The van der Waals surface area contributed by atoms with Gasteiger partial charge in [0, 0.05) is 6.42 Å². The molecule has 0 heterocycles. The molecule has 82 valence electrons. The summed E-state index contributed by atoms with van der Waals surface area (Å²) in [6.45, 7) is 2.07. The molecular formula is C11H15NO3. The number of aryl methyl sites for hydroxylation is 1. The van der Waals surface area contributed by atoms with Gasteiger partial charge in [-0.05, 0) is 31.2 Å². The highest BCUT2D eigenvalue weighted by Gasteiger charge is 2.13. The zero-order valence-electron chi connectivity index (χ0n) is 8.91. The van der Waals surface area contributed by atoms with Crippen molar-refractivity contribution in [3.8, 4) is 11.5 Å². The van der Waals surface area contributed by atoms with Crippen LogP contribution in [0.2, 0.25) is 0 Å². The number of nitrogens with two attached hydrogens (primary N) is 1. The Morgan fingerprint density at radius 3 is 2.73 bits per heavy atom. The molecule has 4 nitrogen and oxygen atoms in total. The van der Waals surface area contributed by atoms with Crippen LogP contribution in [0.15, 0.2) is 12.1 Å². The minimum Gasteiger partial charge on any atom is -0.507 e. The summed E-state index contributed by atoms with van der Waals surface area (Å²) in [7, 11) is 1.52. The van der Waals surface area contributed by atoms with E-state index in [9.17, 15) is 9.90 Å². The first-order valence-electron chi connectivity index (χ1n) is 4.71. The van der Waals surface area contributed by atoms with Crippen molar-refractivity contribution < 1.29 is 14.6 Å². The molecule has 0 amide bonds. The lowest BCUT2D eigenvalue weighted by Crippen LogP contribution is -2.08. The predicted molar refractivity (Wildman–Crippen MR) is 57.4 cm³/mol. The molecule has 0 aliphatic heterocycles. The fourth-order valence-electron chi connectivity index (χ4n) is 1.38. The molecule has 15 heavy (non-hydrogen) atoms. The first-order valence-corrected chi connectivity index (χ1v) is 4.71. The molecule has 0 fully saturated rings. The number of phenolic OH excluding ortho intramolecular Hbond substituents is 1. The molecular weight excluding hydrogens is 194 g/mol. The second-order valence-electron chi connectivity index (χ2n) is 3.30. The second kappa shape index (κ2) is 4.79. The van der Waals surface area contributed by atoms with E-state index in [1.807, 2.05) is 0 Å². The van der Waals surface area contributed by atoms with Crippen molar-refractivity contribution in [2.45, 2.75) is 13.3 Å². The Balaban J connectivity index is 3.12. The van der Waals surface area contributed by atoms with Crippen LogP contribution in [0.25, 0.3) is 0 Å². The number of hydrogen-bond donors (Lipinski definition) is 2. The molecule has 0 saturated heterocycles. The number of ether oxygens (including phenoxy) is 1. The zero-order valence-corrected chi connectivity index (χ0v) is 8.91. The Bertz CT molecular complexity index is 374. The van der Waals surface area contributed by atoms with E-state index in [0.717, 1.165) is 5.56 Å². The van der Waals surface area contributed by atoms with Crippen LogP contribution in [-0.2, 0) is 0 Å². The fourth-order valence-corrected chi connectivity index (χ4v) is 1.38. The highest BCUT2D eigenvalue weighted by atomic mass is 16.5. The van der Waals surface area contributed by atoms with E-state index in [-0.39, 0.29) is 30.1 Å². The van der Waals surface area contributed by atoms with Crippen molar-refractivity contribution >= 4 is 5.78 Å². The lowest BCUT2D eigenvalue weighted by molar-refractivity contribution is 0.0982. The van der Waals surface area contributed by atoms with Gasteiger partial charge in [0.25, 0.3) is 0 Å². The first kappa shape index (κ1) is 11.5. The minimum atomic E-state index is -0.173. The zero-order chi connectivity index (χ0) is 11.4. The average molecular weight is 209 g/mol. The maximum atomic E-state index is 11.5. The summed E-state index contributed by atoms with van der Waals surface area (Å²) in [5, 5.41) is 9.59. The Morgan fingerprint density at radius 1 is 1.53 bits per heavy atom. The third-order valence-corrected chi connectivity index (χ3v) is 2.18. The Kier molecular flexibility index (Phi) is 3.68. The van der Waals surface area contributed by atoms with Crippen molar-refractivity contribution in [2.24, 2.45) is 5.73 Å². The van der Waals surface area contributed by atoms with Gasteiger partial charge >= 0.3 is 0 Å². The standard InChI is InChI=1S/C11H15NO3/c1-7-5-10(14)8(6-11(7)15-2)9(13)3-4-12/h5-6,14H,3-4,12H2,1-2H3. The van der Waals surface area contributed by atoms with Crippen LogP contribution in [0.1, 0.15) is 22.3 Å². The van der Waals surface area contributed by atoms with E-state index in [1.165, 1.54) is 13.2 Å². The molecule has 1 rings (SSSR count). The molecule has 0 saturated carbocycles. The second-order valence-corrected chi connectivity index (χ2v) is 3.30. The molecule has 0 bridgehead atoms. The first-order chi connectivity index (χ1) is 7.10. The van der Waals surface area contributed by atoms with Crippen LogP contribution in [0.5, 0.6) is 11.5 Å². The molecule has 0 aliphatic rings. The summed E-state index contributed by atoms with van der Waals surface area (Å²) in [6.07, 6.45) is 0.222. The van der Waals surface area contributed by atoms with Crippen molar-refractivity contribution in [1.82, 2.24) is 0 Å². The van der Waals surface area contributed by atoms with Crippen LogP contribution in [0, 0.1) is 6.92 Å². The van der Waals surface area contributed by atoms with Gasteiger partial charge in [-0.2, -0.15) is 0 Å². The molecule has 1 aromatic carbocycles. The number of benzene rings is 1. The van der Waals surface area contributed by atoms with Crippen molar-refractivity contribution in [3.05, 3.63) is 23.3 Å². The summed E-state index contributed by atoms with van der Waals surface area (Å²) >= 11 is 0. The van der Waals surface area contributed by atoms with Crippen LogP contribution in [-0.4, -0.2) is 24.5 Å². The number of methoxy groups -OCH3 is 1. The average Bonchev–Trinajstić information content (AvgIpc) is 2.18. The number of hydrogen-bond acceptors (Lipinski definition) is 4. The van der Waals surface area contributed by atoms with Crippen LogP contribution in [0.3, 0.4) is 0 Å². The van der Waals surface area contributed by atoms with Gasteiger partial charge in [-0.1, -0.05) is 0 Å². The molecule has 0 radical (unpaired) electrons. The van der Waals surface area contributed by atoms with Gasteiger partial charge in [-0.3, -0.25) is 4.79 Å². The molecule has 1 aromatic rings. The summed E-state index contributed by atoms with van der Waals surface area (Å²) < 4.78 is 5.07. The highest BCUT2D eigenvalue weighted by Crippen LogP contribution is 2.28. The van der Waals surface area contributed by atoms with Crippen molar-refractivity contribution in [2.75, 3.05) is 13.7 Å². The number of phenols is 1. The van der Waals surface area contributed by atoms with Gasteiger partial charge in [0.05, 0.1) is 12.7 Å². The van der Waals surface area contributed by atoms with E-state index >= 15 is 0 Å². The number of Topliss-reactive ketones (excluding diaryl/α,β-unsaturated/α-hetero) is 1. The Morgan fingerprint density at radius 2 is 2.20 bits per heavy atom. The van der Waals surface area contributed by atoms with Gasteiger partial charge < -0.3 is 15.6 Å². The van der Waals surface area contributed by atoms with Gasteiger partial charge in [-0.25, -0.2) is 0 Å². The maximum absolute atomic E-state index is 11.5. The Labute approximate surface area is 88.7 Å². The number of aromatic hydroxyl groups is 1. The van der Waals surface area contributed by atoms with E-state index < -0.39 is 0 Å². The highest BCUT2D eigenvalue weighted by molar-refractivity contribution is 5.99. The van der Waals surface area contributed by atoms with E-state index in [2.05, 4.69) is 0 Å². The van der Waals surface area contributed by atoms with Gasteiger partial charge in [0.1, 0.15) is 11.5 Å². The molecule has 0 atom stereocenters. The largest absolute Gasteiger partial charge is 0.507 e. The molecule has 3 N–H and O–H groups in total. The third-order valence-electron chi connectivity index (χ3n) is 2.18. The molecule has 0 aromatic heterocycles. The number of rotatable bonds is 4. The maximum Gasteiger partial charge on any atom is 0.167 e.